The van der Waals surface area contributed by atoms with Gasteiger partial charge in [0.2, 0.25) is 5.75 Å². The fraction of sp³-hybridized carbons (Fsp3) is 0.393. The Labute approximate surface area is 240 Å². The third kappa shape index (κ3) is 6.83. The van der Waals surface area contributed by atoms with Crippen LogP contribution in [0.5, 0.6) is 17.4 Å². The Bertz CT molecular complexity index is 1420. The van der Waals surface area contributed by atoms with Crippen LogP contribution in [0.4, 0.5) is 24.7 Å². The second kappa shape index (κ2) is 12.1. The van der Waals surface area contributed by atoms with E-state index in [2.05, 4.69) is 32.4 Å². The van der Waals surface area contributed by atoms with Crippen molar-refractivity contribution in [2.75, 3.05) is 49.9 Å². The summed E-state index contributed by atoms with van der Waals surface area (Å²) in [6, 6.07) is 8.19. The van der Waals surface area contributed by atoms with Crippen LogP contribution in [-0.2, 0) is 12.7 Å². The van der Waals surface area contributed by atoms with Gasteiger partial charge in [-0.2, -0.15) is 18.2 Å². The van der Waals surface area contributed by atoms with Crippen molar-refractivity contribution in [3.8, 4) is 17.4 Å². The van der Waals surface area contributed by atoms with Gasteiger partial charge >= 0.3 is 6.18 Å². The summed E-state index contributed by atoms with van der Waals surface area (Å²) in [6.45, 7) is 8.65. The number of piperazine rings is 1. The van der Waals surface area contributed by atoms with Crippen molar-refractivity contribution in [3.05, 3.63) is 64.4 Å². The van der Waals surface area contributed by atoms with Gasteiger partial charge in [-0.1, -0.05) is 24.6 Å². The summed E-state index contributed by atoms with van der Waals surface area (Å²) in [5.41, 5.74) is -0.449. The number of aromatic nitrogens is 2. The summed E-state index contributed by atoms with van der Waals surface area (Å²) in [7, 11) is 0. The number of hydrogen-bond acceptors (Lipinski definition) is 8. The maximum atomic E-state index is 14.0. The molecule has 1 amide bonds. The zero-order valence-electron chi connectivity index (χ0n) is 22.6. The van der Waals surface area contributed by atoms with Gasteiger partial charge in [-0.05, 0) is 49.4 Å². The molecule has 0 unspecified atom stereocenters. The van der Waals surface area contributed by atoms with E-state index < -0.39 is 17.6 Å². The second-order valence-electron chi connectivity index (χ2n) is 9.95. The van der Waals surface area contributed by atoms with Crippen molar-refractivity contribution in [3.63, 3.8) is 0 Å². The van der Waals surface area contributed by atoms with Gasteiger partial charge in [0, 0.05) is 44.0 Å². The second-order valence-corrected chi connectivity index (χ2v) is 10.4. The first-order valence-electron chi connectivity index (χ1n) is 13.3. The van der Waals surface area contributed by atoms with E-state index in [1.165, 1.54) is 36.7 Å². The van der Waals surface area contributed by atoms with Crippen molar-refractivity contribution in [1.29, 1.82) is 0 Å². The number of nitrogens with zero attached hydrogens (tertiary/aromatic N) is 4. The summed E-state index contributed by atoms with van der Waals surface area (Å²) >= 11 is 6.32. The zero-order chi connectivity index (χ0) is 29.1. The number of carbonyl (C=O) groups is 1. The third-order valence-corrected chi connectivity index (χ3v) is 7.34. The summed E-state index contributed by atoms with van der Waals surface area (Å²) in [5, 5.41) is 5.88. The van der Waals surface area contributed by atoms with Gasteiger partial charge in [0.05, 0.1) is 17.1 Å². The van der Waals surface area contributed by atoms with Gasteiger partial charge in [0.25, 0.3) is 11.8 Å². The van der Waals surface area contributed by atoms with Crippen LogP contribution in [0.15, 0.2) is 42.7 Å². The van der Waals surface area contributed by atoms with E-state index in [1.54, 1.807) is 0 Å². The van der Waals surface area contributed by atoms with Crippen molar-refractivity contribution in [2.24, 2.45) is 0 Å². The smallest absolute Gasteiger partial charge is 0.416 e. The van der Waals surface area contributed by atoms with Crippen LogP contribution in [0.25, 0.3) is 0 Å². The van der Waals surface area contributed by atoms with Crippen molar-refractivity contribution >= 4 is 29.0 Å². The van der Waals surface area contributed by atoms with E-state index in [0.29, 0.717) is 31.2 Å². The van der Waals surface area contributed by atoms with Gasteiger partial charge in [0.1, 0.15) is 18.2 Å². The van der Waals surface area contributed by atoms with E-state index in [9.17, 15) is 18.0 Å². The van der Waals surface area contributed by atoms with Gasteiger partial charge in [-0.15, -0.1) is 0 Å². The molecule has 0 bridgehead atoms. The monoisotopic (exact) mass is 590 g/mol. The maximum Gasteiger partial charge on any atom is 0.416 e. The molecule has 1 atom stereocenters. The van der Waals surface area contributed by atoms with Crippen LogP contribution >= 0.6 is 11.6 Å². The summed E-state index contributed by atoms with van der Waals surface area (Å²) < 4.78 is 53.7. The molecule has 0 radical (unpaired) electrons. The average Bonchev–Trinajstić information content (AvgIpc) is 2.95. The number of hydrogen-bond donors (Lipinski definition) is 2. The Morgan fingerprint density at radius 1 is 1.15 bits per heavy atom. The number of carbonyl (C=O) groups excluding carboxylic acids is 1. The molecule has 5 rings (SSSR count). The number of amides is 1. The molecule has 0 saturated carbocycles. The van der Waals surface area contributed by atoms with Crippen LogP contribution in [-0.4, -0.2) is 71.0 Å². The number of fused-ring (bicyclic) bond motifs is 1. The summed E-state index contributed by atoms with van der Waals surface area (Å²) in [5.74, 6) is 0.375. The van der Waals surface area contributed by atoms with Crippen molar-refractivity contribution in [1.82, 2.24) is 19.8 Å². The molecule has 1 aromatic heterocycles. The van der Waals surface area contributed by atoms with E-state index in [1.807, 2.05) is 11.8 Å². The van der Waals surface area contributed by atoms with Crippen LogP contribution < -0.4 is 20.1 Å². The molecule has 0 aliphatic carbocycles. The number of rotatable bonds is 7. The van der Waals surface area contributed by atoms with Gasteiger partial charge in [-0.3, -0.25) is 9.69 Å². The topological polar surface area (TPSA) is 91.9 Å². The summed E-state index contributed by atoms with van der Waals surface area (Å²) in [6.07, 6.45) is -3.42. The molecular weight excluding hydrogens is 561 g/mol. The quantitative estimate of drug-likeness (QED) is 0.372. The molecule has 0 spiro atoms. The van der Waals surface area contributed by atoms with E-state index in [4.69, 9.17) is 21.1 Å². The molecule has 41 heavy (non-hydrogen) atoms. The predicted octanol–water partition coefficient (Wildman–Crippen LogP) is 5.52. The van der Waals surface area contributed by atoms with E-state index >= 15 is 0 Å². The molecule has 2 aromatic carbocycles. The number of benzene rings is 2. The Balaban J connectivity index is 1.32. The van der Waals surface area contributed by atoms with Gasteiger partial charge in [0.15, 0.2) is 5.82 Å². The minimum absolute atomic E-state index is 0.0256. The normalized spacial score (nSPS) is 17.8. The fourth-order valence-electron chi connectivity index (χ4n) is 4.74. The van der Waals surface area contributed by atoms with E-state index in [-0.39, 0.29) is 46.1 Å². The molecule has 1 saturated heterocycles. The molecule has 3 aromatic rings. The Morgan fingerprint density at radius 3 is 2.63 bits per heavy atom. The maximum absolute atomic E-state index is 14.0. The highest BCUT2D eigenvalue weighted by Gasteiger charge is 2.34. The Morgan fingerprint density at radius 2 is 1.90 bits per heavy atom. The summed E-state index contributed by atoms with van der Waals surface area (Å²) in [4.78, 5) is 25.6. The van der Waals surface area contributed by atoms with Gasteiger partial charge in [-0.25, -0.2) is 4.98 Å². The lowest BCUT2D eigenvalue weighted by Gasteiger charge is -2.34. The SMILES string of the molecule is CCN1CCN(Cc2ccc(NC(=O)c3ccc(Cl)c(Oc4ncnc5c4O[C@@H](C)CN5)c3)cc2C(F)(F)F)CC1. The molecule has 1 fully saturated rings. The largest absolute Gasteiger partial charge is 0.480 e. The predicted molar refractivity (Wildman–Crippen MR) is 149 cm³/mol. The number of halogens is 4. The number of alkyl halides is 3. The first kappa shape index (κ1) is 28.9. The molecule has 2 aliphatic heterocycles. The third-order valence-electron chi connectivity index (χ3n) is 7.03. The van der Waals surface area contributed by atoms with Crippen LogP contribution in [0.1, 0.15) is 35.3 Å². The highest BCUT2D eigenvalue weighted by molar-refractivity contribution is 6.32. The molecule has 2 N–H and O–H groups in total. The lowest BCUT2D eigenvalue weighted by Crippen LogP contribution is -2.45. The minimum atomic E-state index is -4.58. The Hall–Kier alpha value is -3.61. The van der Waals surface area contributed by atoms with Crippen molar-refractivity contribution < 1.29 is 27.4 Å². The standard InChI is InChI=1S/C28H30ClF3N6O3/c1-3-37-8-10-38(11-9-37)15-19-4-6-20(13-21(19)28(30,31)32)36-26(39)18-5-7-22(29)23(12-18)41-27-24-25(34-16-35-27)33-14-17(2)40-24/h4-7,12-13,16-17H,3,8-11,14-15H2,1-2H3,(H,36,39)(H,33,34,35)/t17-/m0/s1. The van der Waals surface area contributed by atoms with Gasteiger partial charge < -0.3 is 25.0 Å². The molecule has 2 aliphatic rings. The van der Waals surface area contributed by atoms with Crippen LogP contribution in [0.3, 0.4) is 0 Å². The van der Waals surface area contributed by atoms with E-state index in [0.717, 1.165) is 25.7 Å². The van der Waals surface area contributed by atoms with Crippen molar-refractivity contribution in [2.45, 2.75) is 32.7 Å². The first-order valence-corrected chi connectivity index (χ1v) is 13.7. The molecule has 13 heteroatoms. The number of ether oxygens (including phenoxy) is 2. The van der Waals surface area contributed by atoms with Crippen LogP contribution in [0, 0.1) is 0 Å². The molecule has 218 valence electrons. The number of nitrogens with one attached hydrogen (secondary N) is 2. The Kier molecular flexibility index (Phi) is 8.52. The van der Waals surface area contributed by atoms with Crippen LogP contribution in [0.2, 0.25) is 5.02 Å². The highest BCUT2D eigenvalue weighted by atomic mass is 35.5. The first-order chi connectivity index (χ1) is 19.6. The number of anilines is 2. The number of likely N-dealkylation sites (N-methyl/N-ethyl adjacent to an activating group) is 1. The average molecular weight is 591 g/mol. The zero-order valence-corrected chi connectivity index (χ0v) is 23.3. The fourth-order valence-corrected chi connectivity index (χ4v) is 4.89. The highest BCUT2D eigenvalue weighted by Crippen LogP contribution is 2.39. The molecule has 9 nitrogen and oxygen atoms in total. The minimum Gasteiger partial charge on any atom is -0.480 e. The molecule has 3 heterocycles. The lowest BCUT2D eigenvalue weighted by atomic mass is 10.0. The molecular formula is C28H30ClF3N6O3. The lowest BCUT2D eigenvalue weighted by molar-refractivity contribution is -0.138.